The van der Waals surface area contributed by atoms with Gasteiger partial charge in [-0.2, -0.15) is 0 Å². The number of benzene rings is 1. The Balaban J connectivity index is 2.41. The first-order valence-corrected chi connectivity index (χ1v) is 7.59. The minimum Gasteiger partial charge on any atom is -0.508 e. The second-order valence-electron chi connectivity index (χ2n) is 6.53. The molecule has 0 heterocycles. The summed E-state index contributed by atoms with van der Waals surface area (Å²) < 4.78 is 5.27. The van der Waals surface area contributed by atoms with Crippen molar-refractivity contribution >= 4 is 12.0 Å². The number of phenolic OH excluding ortho intramolecular Hbond substituents is 1. The van der Waals surface area contributed by atoms with Crippen LogP contribution in [0, 0.1) is 0 Å². The fourth-order valence-corrected chi connectivity index (χ4v) is 1.90. The van der Waals surface area contributed by atoms with E-state index < -0.39 is 5.60 Å². The normalized spacial score (nSPS) is 11.0. The van der Waals surface area contributed by atoms with Crippen LogP contribution in [0.2, 0.25) is 0 Å². The zero-order valence-corrected chi connectivity index (χ0v) is 14.5. The Kier molecular flexibility index (Phi) is 6.42. The van der Waals surface area contributed by atoms with Gasteiger partial charge in [0.15, 0.2) is 0 Å². The topological polar surface area (TPSA) is 70.1 Å². The zero-order chi connectivity index (χ0) is 17.6. The fourth-order valence-electron chi connectivity index (χ4n) is 1.90. The predicted molar refractivity (Wildman–Crippen MR) is 88.5 cm³/mol. The standard InChI is InChI=1S/C17H26N2O4/c1-17(2,3)23-16(22)19(5)12-6-11-18(4)15(21)13-7-9-14(20)10-8-13/h7-10,20H,6,11-12H2,1-5H3. The summed E-state index contributed by atoms with van der Waals surface area (Å²) in [4.78, 5) is 27.1. The Labute approximate surface area is 137 Å². The molecule has 1 aromatic carbocycles. The highest BCUT2D eigenvalue weighted by Gasteiger charge is 2.19. The largest absolute Gasteiger partial charge is 0.508 e. The highest BCUT2D eigenvalue weighted by Crippen LogP contribution is 2.12. The first kappa shape index (κ1) is 18.8. The van der Waals surface area contributed by atoms with Crippen molar-refractivity contribution in [3.8, 4) is 5.75 Å². The summed E-state index contributed by atoms with van der Waals surface area (Å²) >= 11 is 0. The third-order valence-corrected chi connectivity index (χ3v) is 3.15. The number of ether oxygens (including phenoxy) is 1. The van der Waals surface area contributed by atoms with E-state index in [4.69, 9.17) is 4.74 Å². The van der Waals surface area contributed by atoms with Crippen LogP contribution in [0.1, 0.15) is 37.6 Å². The molecule has 1 N–H and O–H groups in total. The molecule has 0 unspecified atom stereocenters. The summed E-state index contributed by atoms with van der Waals surface area (Å²) in [7, 11) is 3.39. The van der Waals surface area contributed by atoms with E-state index in [1.165, 1.54) is 17.0 Å². The van der Waals surface area contributed by atoms with Gasteiger partial charge in [-0.05, 0) is 51.5 Å². The molecule has 1 aromatic rings. The highest BCUT2D eigenvalue weighted by molar-refractivity contribution is 5.94. The third kappa shape index (κ3) is 6.59. The first-order chi connectivity index (χ1) is 10.6. The number of aromatic hydroxyl groups is 1. The highest BCUT2D eigenvalue weighted by atomic mass is 16.6. The third-order valence-electron chi connectivity index (χ3n) is 3.15. The lowest BCUT2D eigenvalue weighted by molar-refractivity contribution is 0.0294. The number of carbonyl (C=O) groups is 2. The van der Waals surface area contributed by atoms with Crippen LogP contribution in [0.15, 0.2) is 24.3 Å². The van der Waals surface area contributed by atoms with E-state index in [1.807, 2.05) is 20.8 Å². The van der Waals surface area contributed by atoms with Gasteiger partial charge in [0.25, 0.3) is 5.91 Å². The van der Waals surface area contributed by atoms with Gasteiger partial charge in [-0.15, -0.1) is 0 Å². The van der Waals surface area contributed by atoms with Crippen molar-refractivity contribution in [2.75, 3.05) is 27.2 Å². The molecule has 0 saturated carbocycles. The quantitative estimate of drug-likeness (QED) is 0.905. The van der Waals surface area contributed by atoms with Crippen LogP contribution in [-0.4, -0.2) is 59.7 Å². The zero-order valence-electron chi connectivity index (χ0n) is 14.5. The van der Waals surface area contributed by atoms with Gasteiger partial charge in [-0.1, -0.05) is 0 Å². The van der Waals surface area contributed by atoms with Crippen molar-refractivity contribution in [3.05, 3.63) is 29.8 Å². The molecule has 0 atom stereocenters. The van der Waals surface area contributed by atoms with Crippen molar-refractivity contribution in [1.29, 1.82) is 0 Å². The second kappa shape index (κ2) is 7.85. The van der Waals surface area contributed by atoms with Crippen molar-refractivity contribution in [3.63, 3.8) is 0 Å². The molecule has 2 amide bonds. The van der Waals surface area contributed by atoms with E-state index in [2.05, 4.69) is 0 Å². The number of phenols is 1. The molecule has 23 heavy (non-hydrogen) atoms. The number of rotatable bonds is 5. The summed E-state index contributed by atoms with van der Waals surface area (Å²) in [6, 6.07) is 6.14. The molecular weight excluding hydrogens is 296 g/mol. The molecule has 0 aliphatic carbocycles. The monoisotopic (exact) mass is 322 g/mol. The van der Waals surface area contributed by atoms with Crippen molar-refractivity contribution in [2.24, 2.45) is 0 Å². The lowest BCUT2D eigenvalue weighted by atomic mass is 10.2. The number of hydrogen-bond donors (Lipinski definition) is 1. The smallest absolute Gasteiger partial charge is 0.410 e. The molecule has 0 saturated heterocycles. The number of carbonyl (C=O) groups excluding carboxylic acids is 2. The van der Waals surface area contributed by atoms with Crippen LogP contribution in [0.25, 0.3) is 0 Å². The Hall–Kier alpha value is -2.24. The Morgan fingerprint density at radius 1 is 1.04 bits per heavy atom. The molecule has 0 fully saturated rings. The summed E-state index contributed by atoms with van der Waals surface area (Å²) in [5, 5.41) is 9.24. The van der Waals surface area contributed by atoms with Crippen LogP contribution in [0.4, 0.5) is 4.79 Å². The maximum atomic E-state index is 12.2. The van der Waals surface area contributed by atoms with Crippen LogP contribution in [0.3, 0.4) is 0 Å². The molecule has 0 aliphatic heterocycles. The molecule has 0 aromatic heterocycles. The average molecular weight is 322 g/mol. The summed E-state index contributed by atoms with van der Waals surface area (Å²) in [5.74, 6) is 0.00751. The van der Waals surface area contributed by atoms with Gasteiger partial charge < -0.3 is 19.6 Å². The van der Waals surface area contributed by atoms with Gasteiger partial charge >= 0.3 is 6.09 Å². The van der Waals surface area contributed by atoms with Gasteiger partial charge in [0.1, 0.15) is 11.4 Å². The molecular formula is C17H26N2O4. The number of hydrogen-bond acceptors (Lipinski definition) is 4. The van der Waals surface area contributed by atoms with E-state index in [1.54, 1.807) is 31.1 Å². The van der Waals surface area contributed by atoms with Gasteiger partial charge in [-0.25, -0.2) is 4.79 Å². The van der Waals surface area contributed by atoms with E-state index in [0.29, 0.717) is 25.1 Å². The average Bonchev–Trinajstić information content (AvgIpc) is 2.45. The van der Waals surface area contributed by atoms with E-state index in [0.717, 1.165) is 0 Å². The Bertz CT molecular complexity index is 535. The molecule has 0 aliphatic rings. The van der Waals surface area contributed by atoms with Crippen LogP contribution in [-0.2, 0) is 4.74 Å². The maximum Gasteiger partial charge on any atom is 0.410 e. The van der Waals surface area contributed by atoms with Gasteiger partial charge in [0.05, 0.1) is 0 Å². The predicted octanol–water partition coefficient (Wildman–Crippen LogP) is 2.72. The summed E-state index contributed by atoms with van der Waals surface area (Å²) in [6.45, 7) is 6.49. The van der Waals surface area contributed by atoms with Gasteiger partial charge in [-0.3, -0.25) is 4.79 Å². The molecule has 1 rings (SSSR count). The number of amides is 2. The van der Waals surface area contributed by atoms with Crippen molar-refractivity contribution in [2.45, 2.75) is 32.8 Å². The van der Waals surface area contributed by atoms with Crippen LogP contribution < -0.4 is 0 Å². The lowest BCUT2D eigenvalue weighted by Crippen LogP contribution is -2.36. The Morgan fingerprint density at radius 3 is 2.09 bits per heavy atom. The summed E-state index contributed by atoms with van der Waals surface area (Å²) in [5.41, 5.74) is 0.00236. The van der Waals surface area contributed by atoms with E-state index in [-0.39, 0.29) is 17.7 Å². The molecule has 0 bridgehead atoms. The van der Waals surface area contributed by atoms with Gasteiger partial charge in [0.2, 0.25) is 0 Å². The maximum absolute atomic E-state index is 12.2. The van der Waals surface area contributed by atoms with Crippen LogP contribution >= 0.6 is 0 Å². The molecule has 0 spiro atoms. The second-order valence-corrected chi connectivity index (χ2v) is 6.53. The Morgan fingerprint density at radius 2 is 1.57 bits per heavy atom. The van der Waals surface area contributed by atoms with Gasteiger partial charge in [0, 0.05) is 32.7 Å². The van der Waals surface area contributed by atoms with Crippen LogP contribution in [0.5, 0.6) is 5.75 Å². The minimum absolute atomic E-state index is 0.120. The molecule has 6 nitrogen and oxygen atoms in total. The molecule has 0 radical (unpaired) electrons. The minimum atomic E-state index is -0.517. The SMILES string of the molecule is CN(CCCN(C)C(=O)c1ccc(O)cc1)C(=O)OC(C)(C)C. The van der Waals surface area contributed by atoms with Crippen molar-refractivity contribution < 1.29 is 19.4 Å². The molecule has 128 valence electrons. The van der Waals surface area contributed by atoms with E-state index >= 15 is 0 Å². The molecule has 6 heteroatoms. The number of nitrogens with zero attached hydrogens (tertiary/aromatic N) is 2. The fraction of sp³-hybridized carbons (Fsp3) is 0.529. The summed E-state index contributed by atoms with van der Waals surface area (Å²) in [6.07, 6.45) is 0.279. The first-order valence-electron chi connectivity index (χ1n) is 7.59. The van der Waals surface area contributed by atoms with E-state index in [9.17, 15) is 14.7 Å². The lowest BCUT2D eigenvalue weighted by Gasteiger charge is -2.25. The van der Waals surface area contributed by atoms with Crippen molar-refractivity contribution in [1.82, 2.24) is 9.80 Å².